The first kappa shape index (κ1) is 7.15. The lowest BCUT2D eigenvalue weighted by atomic mass is 10.1. The van der Waals surface area contributed by atoms with E-state index in [1.54, 1.807) is 0 Å². The minimum absolute atomic E-state index is 0.548. The molecule has 7 heteroatoms. The maximum Gasteiger partial charge on any atom is 0.610 e. The van der Waals surface area contributed by atoms with E-state index in [0.29, 0.717) is 6.61 Å². The van der Waals surface area contributed by atoms with Gasteiger partial charge in [0.15, 0.2) is 0 Å². The topological polar surface area (TPSA) is 36.9 Å². The highest BCUT2D eigenvalue weighted by atomic mass is 16.8. The van der Waals surface area contributed by atoms with Crippen LogP contribution in [0.25, 0.3) is 0 Å². The molecule has 1 aliphatic rings. The summed E-state index contributed by atoms with van der Waals surface area (Å²) in [5.41, 5.74) is 0. The van der Waals surface area contributed by atoms with Crippen LogP contribution in [0.1, 0.15) is 6.92 Å². The molecule has 0 saturated carbocycles. The Morgan fingerprint density at radius 2 is 2.11 bits per heavy atom. The maximum atomic E-state index is 4.90. The Hall–Kier alpha value is 0.0348. The molecule has 4 nitrogen and oxygen atoms in total. The van der Waals surface area contributed by atoms with Crippen molar-refractivity contribution in [2.75, 3.05) is 6.61 Å². The van der Waals surface area contributed by atoms with Crippen molar-refractivity contribution in [1.29, 1.82) is 0 Å². The van der Waals surface area contributed by atoms with Gasteiger partial charge in [-0.1, -0.05) is 0 Å². The molecule has 0 bridgehead atoms. The van der Waals surface area contributed by atoms with Crippen molar-refractivity contribution in [3.8, 4) is 0 Å². The fraction of sp³-hybridized carbons (Fsp3) is 1.00. The molecular formula is C2H5B3O4. The normalized spacial score (nSPS) is 18.6. The first-order chi connectivity index (χ1) is 4.43. The van der Waals surface area contributed by atoms with E-state index in [1.807, 2.05) is 6.92 Å². The Labute approximate surface area is 55.6 Å². The van der Waals surface area contributed by atoms with Gasteiger partial charge in [-0.15, -0.1) is 0 Å². The first-order valence-corrected chi connectivity index (χ1v) is 2.65. The molecule has 0 atom stereocenters. The van der Waals surface area contributed by atoms with Crippen LogP contribution in [0.4, 0.5) is 0 Å². The van der Waals surface area contributed by atoms with Crippen molar-refractivity contribution in [3.05, 3.63) is 0 Å². The Morgan fingerprint density at radius 3 is 2.67 bits per heavy atom. The minimum atomic E-state index is -0.635. The zero-order valence-corrected chi connectivity index (χ0v) is 5.07. The molecule has 1 aliphatic heterocycles. The van der Waals surface area contributed by atoms with Crippen LogP contribution in [0.2, 0.25) is 0 Å². The van der Waals surface area contributed by atoms with Crippen molar-refractivity contribution < 1.29 is 18.4 Å². The SMILES string of the molecule is CCOB1O[B]O[B]O1. The molecule has 0 unspecified atom stereocenters. The fourth-order valence-corrected chi connectivity index (χ4v) is 0.424. The quantitative estimate of drug-likeness (QED) is 0.450. The van der Waals surface area contributed by atoms with Gasteiger partial charge in [0.25, 0.3) is 0 Å². The maximum absolute atomic E-state index is 4.90. The standard InChI is InChI=1S/C2H5B3O4/c1-2-6-5-8-3-7-4-9-5/h2H2,1H3. The van der Waals surface area contributed by atoms with Crippen LogP contribution in [-0.4, -0.2) is 29.3 Å². The van der Waals surface area contributed by atoms with E-state index in [2.05, 4.69) is 4.57 Å². The van der Waals surface area contributed by atoms with E-state index in [0.717, 1.165) is 15.4 Å². The molecule has 0 aromatic carbocycles. The number of rotatable bonds is 2. The zero-order valence-electron chi connectivity index (χ0n) is 5.07. The Bertz CT molecular complexity index is 71.5. The van der Waals surface area contributed by atoms with E-state index >= 15 is 0 Å². The molecule has 1 heterocycles. The molecule has 0 spiro atoms. The van der Waals surface area contributed by atoms with Gasteiger partial charge in [-0.2, -0.15) is 0 Å². The molecule has 1 saturated heterocycles. The summed E-state index contributed by atoms with van der Waals surface area (Å²) in [4.78, 5) is 0. The zero-order chi connectivity index (χ0) is 6.53. The lowest BCUT2D eigenvalue weighted by Crippen LogP contribution is -2.37. The molecule has 1 rings (SSSR count). The number of hydrogen-bond acceptors (Lipinski definition) is 4. The second kappa shape index (κ2) is 3.95. The Morgan fingerprint density at radius 1 is 1.44 bits per heavy atom. The summed E-state index contributed by atoms with van der Waals surface area (Å²) >= 11 is 0. The van der Waals surface area contributed by atoms with Gasteiger partial charge in [-0.05, 0) is 6.92 Å². The average molecular weight is 125 g/mol. The summed E-state index contributed by atoms with van der Waals surface area (Å²) in [6.45, 7) is 2.40. The fourth-order valence-electron chi connectivity index (χ4n) is 0.424. The lowest BCUT2D eigenvalue weighted by molar-refractivity contribution is 0.182. The lowest BCUT2D eigenvalue weighted by Gasteiger charge is -2.16. The summed E-state index contributed by atoms with van der Waals surface area (Å²) in [5.74, 6) is 0. The third kappa shape index (κ3) is 2.40. The van der Waals surface area contributed by atoms with Gasteiger partial charge in [0, 0.05) is 6.61 Å². The third-order valence-corrected chi connectivity index (χ3v) is 0.747. The largest absolute Gasteiger partial charge is 0.610 e. The number of hydrogen-bond donors (Lipinski definition) is 0. The highest BCUT2D eigenvalue weighted by Crippen LogP contribution is 1.95. The second-order valence-electron chi connectivity index (χ2n) is 1.34. The van der Waals surface area contributed by atoms with Crippen LogP contribution >= 0.6 is 0 Å². The molecule has 0 N–H and O–H groups in total. The molecule has 0 aromatic rings. The second-order valence-corrected chi connectivity index (χ2v) is 1.34. The van der Waals surface area contributed by atoms with Crippen molar-refractivity contribution in [1.82, 2.24) is 0 Å². The summed E-state index contributed by atoms with van der Waals surface area (Å²) in [5, 5.41) is 0. The van der Waals surface area contributed by atoms with Crippen LogP contribution < -0.4 is 0 Å². The van der Waals surface area contributed by atoms with Crippen LogP contribution in [0.5, 0.6) is 0 Å². The van der Waals surface area contributed by atoms with Crippen molar-refractivity contribution in [2.45, 2.75) is 6.92 Å². The van der Waals surface area contributed by atoms with E-state index < -0.39 is 7.32 Å². The van der Waals surface area contributed by atoms with Crippen LogP contribution in [-0.2, 0) is 18.4 Å². The third-order valence-electron chi connectivity index (χ3n) is 0.747. The molecule has 0 aromatic heterocycles. The van der Waals surface area contributed by atoms with E-state index in [9.17, 15) is 0 Å². The molecule has 1 fully saturated rings. The Balaban J connectivity index is 2.08. The van der Waals surface area contributed by atoms with Crippen molar-refractivity contribution >= 4 is 22.7 Å². The summed E-state index contributed by atoms with van der Waals surface area (Å²) < 4.78 is 18.8. The monoisotopic (exact) mass is 126 g/mol. The van der Waals surface area contributed by atoms with Gasteiger partial charge in [-0.25, -0.2) is 0 Å². The van der Waals surface area contributed by atoms with Gasteiger partial charge in [0.1, 0.15) is 0 Å². The van der Waals surface area contributed by atoms with Crippen molar-refractivity contribution in [2.24, 2.45) is 0 Å². The highest BCUT2D eigenvalue weighted by molar-refractivity contribution is 6.57. The molecular weight excluding hydrogens is 120 g/mol. The molecule has 46 valence electrons. The highest BCUT2D eigenvalue weighted by Gasteiger charge is 2.25. The Kier molecular flexibility index (Phi) is 3.14. The predicted molar refractivity (Wildman–Crippen MR) is 32.1 cm³/mol. The average Bonchev–Trinajstić information content (AvgIpc) is 1.91. The summed E-state index contributed by atoms with van der Waals surface area (Å²) in [6, 6.07) is 0. The van der Waals surface area contributed by atoms with E-state index in [1.165, 1.54) is 0 Å². The molecule has 0 aliphatic carbocycles. The van der Waals surface area contributed by atoms with Crippen LogP contribution in [0.3, 0.4) is 0 Å². The molecule has 0 amide bonds. The van der Waals surface area contributed by atoms with Gasteiger partial charge >= 0.3 is 22.7 Å². The summed E-state index contributed by atoms with van der Waals surface area (Å²) in [7, 11) is 1.68. The van der Waals surface area contributed by atoms with Crippen LogP contribution in [0, 0.1) is 0 Å². The first-order valence-electron chi connectivity index (χ1n) is 2.65. The minimum Gasteiger partial charge on any atom is -0.457 e. The van der Waals surface area contributed by atoms with Crippen molar-refractivity contribution in [3.63, 3.8) is 0 Å². The van der Waals surface area contributed by atoms with Gasteiger partial charge in [0.05, 0.1) is 0 Å². The molecule has 2 radical (unpaired) electrons. The van der Waals surface area contributed by atoms with Gasteiger partial charge < -0.3 is 18.4 Å². The molecule has 9 heavy (non-hydrogen) atoms. The van der Waals surface area contributed by atoms with Crippen LogP contribution in [0.15, 0.2) is 0 Å². The summed E-state index contributed by atoms with van der Waals surface area (Å²) in [6.07, 6.45) is 0. The smallest absolute Gasteiger partial charge is 0.457 e. The predicted octanol–water partition coefficient (Wildman–Crippen LogP) is -0.860. The van der Waals surface area contributed by atoms with Gasteiger partial charge in [-0.3, -0.25) is 0 Å². The van der Waals surface area contributed by atoms with E-state index in [4.69, 9.17) is 13.8 Å². The van der Waals surface area contributed by atoms with Gasteiger partial charge in [0.2, 0.25) is 0 Å². The van der Waals surface area contributed by atoms with E-state index in [-0.39, 0.29) is 0 Å².